The van der Waals surface area contributed by atoms with Crippen molar-refractivity contribution in [2.45, 2.75) is 6.54 Å². The maximum atomic E-state index is 5.40. The van der Waals surface area contributed by atoms with Crippen LogP contribution in [0.4, 0.5) is 5.69 Å². The molecule has 0 saturated carbocycles. The Morgan fingerprint density at radius 3 is 2.60 bits per heavy atom. The van der Waals surface area contributed by atoms with E-state index in [1.807, 2.05) is 29.6 Å². The summed E-state index contributed by atoms with van der Waals surface area (Å²) in [7, 11) is 1.69. The zero-order valence-electron chi connectivity index (χ0n) is 14.1. The molecule has 2 aromatic heterocycles. The summed E-state index contributed by atoms with van der Waals surface area (Å²) in [5, 5.41) is 6.10. The summed E-state index contributed by atoms with van der Waals surface area (Å²) in [5.74, 6) is 2.25. The highest BCUT2D eigenvalue weighted by atomic mass is 32.1. The first-order chi connectivity index (χ1) is 12.3. The van der Waals surface area contributed by atoms with E-state index in [0.717, 1.165) is 36.8 Å². The lowest BCUT2D eigenvalue weighted by Gasteiger charge is -2.35. The van der Waals surface area contributed by atoms with Crippen molar-refractivity contribution in [3.63, 3.8) is 0 Å². The van der Waals surface area contributed by atoms with Gasteiger partial charge in [0, 0.05) is 31.9 Å². The van der Waals surface area contributed by atoms with Crippen molar-refractivity contribution in [2.75, 3.05) is 38.2 Å². The van der Waals surface area contributed by atoms with Crippen molar-refractivity contribution in [2.24, 2.45) is 0 Å². The standard InChI is InChI=1S/C18H20N4O2S/c1-23-15-6-4-14(5-7-15)22-10-8-21(9-11-22)13-17-19-18(20-24-17)16-3-2-12-25-16/h2-7,12H,8-11,13H2,1H3. The fourth-order valence-electron chi connectivity index (χ4n) is 2.97. The first-order valence-corrected chi connectivity index (χ1v) is 9.17. The molecule has 0 unspecified atom stereocenters. The highest BCUT2D eigenvalue weighted by Gasteiger charge is 2.20. The van der Waals surface area contributed by atoms with Crippen molar-refractivity contribution < 1.29 is 9.26 Å². The number of aromatic nitrogens is 2. The van der Waals surface area contributed by atoms with E-state index in [0.29, 0.717) is 18.3 Å². The van der Waals surface area contributed by atoms with Gasteiger partial charge in [-0.3, -0.25) is 4.90 Å². The second-order valence-electron chi connectivity index (χ2n) is 5.95. The number of rotatable bonds is 5. The van der Waals surface area contributed by atoms with Gasteiger partial charge in [-0.15, -0.1) is 11.3 Å². The fourth-order valence-corrected chi connectivity index (χ4v) is 3.62. The quantitative estimate of drug-likeness (QED) is 0.700. The van der Waals surface area contributed by atoms with Crippen LogP contribution in [0.25, 0.3) is 10.7 Å². The number of anilines is 1. The van der Waals surface area contributed by atoms with Gasteiger partial charge in [-0.25, -0.2) is 0 Å². The maximum absolute atomic E-state index is 5.40. The molecule has 0 bridgehead atoms. The predicted molar refractivity (Wildman–Crippen MR) is 98.1 cm³/mol. The van der Waals surface area contributed by atoms with E-state index in [9.17, 15) is 0 Å². The molecular formula is C18H20N4O2S. The molecule has 1 saturated heterocycles. The topological polar surface area (TPSA) is 54.6 Å². The van der Waals surface area contributed by atoms with Gasteiger partial charge < -0.3 is 14.2 Å². The molecule has 0 aliphatic carbocycles. The third-order valence-corrected chi connectivity index (χ3v) is 5.24. The summed E-state index contributed by atoms with van der Waals surface area (Å²) in [6, 6.07) is 12.2. The third kappa shape index (κ3) is 3.67. The van der Waals surface area contributed by atoms with Crippen LogP contribution in [-0.4, -0.2) is 48.3 Å². The lowest BCUT2D eigenvalue weighted by molar-refractivity contribution is 0.215. The van der Waals surface area contributed by atoms with Crippen LogP contribution in [0.1, 0.15) is 5.89 Å². The van der Waals surface area contributed by atoms with Gasteiger partial charge >= 0.3 is 0 Å². The zero-order chi connectivity index (χ0) is 17.1. The van der Waals surface area contributed by atoms with E-state index in [1.54, 1.807) is 18.4 Å². The lowest BCUT2D eigenvalue weighted by atomic mass is 10.2. The monoisotopic (exact) mass is 356 g/mol. The average molecular weight is 356 g/mol. The normalized spacial score (nSPS) is 15.5. The summed E-state index contributed by atoms with van der Waals surface area (Å²) in [5.41, 5.74) is 1.23. The molecule has 0 N–H and O–H groups in total. The van der Waals surface area contributed by atoms with Crippen LogP contribution in [0, 0.1) is 0 Å². The van der Waals surface area contributed by atoms with Crippen molar-refractivity contribution in [3.05, 3.63) is 47.7 Å². The molecule has 0 atom stereocenters. The zero-order valence-corrected chi connectivity index (χ0v) is 14.9. The minimum absolute atomic E-state index is 0.682. The first kappa shape index (κ1) is 16.1. The van der Waals surface area contributed by atoms with Gasteiger partial charge in [0.15, 0.2) is 0 Å². The number of hydrogen-bond donors (Lipinski definition) is 0. The molecule has 25 heavy (non-hydrogen) atoms. The van der Waals surface area contributed by atoms with Gasteiger partial charge in [-0.1, -0.05) is 11.2 Å². The van der Waals surface area contributed by atoms with Gasteiger partial charge in [0.1, 0.15) is 5.75 Å². The van der Waals surface area contributed by atoms with Gasteiger partial charge in [-0.2, -0.15) is 4.98 Å². The molecule has 0 spiro atoms. The van der Waals surface area contributed by atoms with E-state index < -0.39 is 0 Å². The Bertz CT molecular complexity index is 793. The van der Waals surface area contributed by atoms with Gasteiger partial charge in [0.05, 0.1) is 18.5 Å². The molecular weight excluding hydrogens is 336 g/mol. The average Bonchev–Trinajstić information content (AvgIpc) is 3.34. The van der Waals surface area contributed by atoms with Crippen LogP contribution in [0.3, 0.4) is 0 Å². The number of ether oxygens (including phenoxy) is 1. The Labute approximate surface area is 150 Å². The molecule has 1 aliphatic heterocycles. The SMILES string of the molecule is COc1ccc(N2CCN(Cc3nc(-c4cccs4)no3)CC2)cc1. The summed E-state index contributed by atoms with van der Waals surface area (Å²) in [4.78, 5) is 10.3. The van der Waals surface area contributed by atoms with Crippen LogP contribution >= 0.6 is 11.3 Å². The summed E-state index contributed by atoms with van der Waals surface area (Å²) in [6.45, 7) is 4.62. The molecule has 3 aromatic rings. The van der Waals surface area contributed by atoms with Crippen molar-refractivity contribution in [1.29, 1.82) is 0 Å². The Kier molecular flexibility index (Phi) is 4.67. The molecule has 3 heterocycles. The van der Waals surface area contributed by atoms with Gasteiger partial charge in [-0.05, 0) is 35.7 Å². The van der Waals surface area contributed by atoms with Crippen LogP contribution < -0.4 is 9.64 Å². The smallest absolute Gasteiger partial charge is 0.241 e. The van der Waals surface area contributed by atoms with E-state index in [4.69, 9.17) is 9.26 Å². The minimum Gasteiger partial charge on any atom is -0.497 e. The lowest BCUT2D eigenvalue weighted by Crippen LogP contribution is -2.46. The second kappa shape index (κ2) is 7.25. The fraction of sp³-hybridized carbons (Fsp3) is 0.333. The molecule has 0 radical (unpaired) electrons. The number of methoxy groups -OCH3 is 1. The van der Waals surface area contributed by atoms with E-state index in [-0.39, 0.29) is 0 Å². The Hall–Kier alpha value is -2.38. The predicted octanol–water partition coefficient (Wildman–Crippen LogP) is 3.13. The van der Waals surface area contributed by atoms with Crippen LogP contribution in [0.5, 0.6) is 5.75 Å². The maximum Gasteiger partial charge on any atom is 0.241 e. The number of hydrogen-bond acceptors (Lipinski definition) is 7. The largest absolute Gasteiger partial charge is 0.497 e. The Morgan fingerprint density at radius 2 is 1.92 bits per heavy atom. The molecule has 0 amide bonds. The highest BCUT2D eigenvalue weighted by Crippen LogP contribution is 2.23. The Morgan fingerprint density at radius 1 is 1.12 bits per heavy atom. The highest BCUT2D eigenvalue weighted by molar-refractivity contribution is 7.13. The van der Waals surface area contributed by atoms with E-state index >= 15 is 0 Å². The molecule has 1 aliphatic rings. The Balaban J connectivity index is 1.33. The molecule has 1 fully saturated rings. The first-order valence-electron chi connectivity index (χ1n) is 8.29. The second-order valence-corrected chi connectivity index (χ2v) is 6.90. The van der Waals surface area contributed by atoms with Gasteiger partial charge in [0.25, 0.3) is 0 Å². The van der Waals surface area contributed by atoms with Crippen molar-refractivity contribution in [1.82, 2.24) is 15.0 Å². The van der Waals surface area contributed by atoms with Crippen molar-refractivity contribution >= 4 is 17.0 Å². The van der Waals surface area contributed by atoms with Crippen LogP contribution in [0.15, 0.2) is 46.3 Å². The molecule has 4 rings (SSSR count). The van der Waals surface area contributed by atoms with Crippen LogP contribution in [-0.2, 0) is 6.54 Å². The molecule has 1 aromatic carbocycles. The number of nitrogens with zero attached hydrogens (tertiary/aromatic N) is 4. The number of thiophene rings is 1. The summed E-state index contributed by atoms with van der Waals surface area (Å²) >= 11 is 1.62. The summed E-state index contributed by atoms with van der Waals surface area (Å²) in [6.07, 6.45) is 0. The van der Waals surface area contributed by atoms with E-state index in [1.165, 1.54) is 5.69 Å². The minimum atomic E-state index is 0.682. The molecule has 130 valence electrons. The summed E-state index contributed by atoms with van der Waals surface area (Å²) < 4.78 is 10.6. The number of piperazine rings is 1. The molecule has 7 heteroatoms. The number of benzene rings is 1. The van der Waals surface area contributed by atoms with Crippen LogP contribution in [0.2, 0.25) is 0 Å². The van der Waals surface area contributed by atoms with Gasteiger partial charge in [0.2, 0.25) is 11.7 Å². The van der Waals surface area contributed by atoms with Crippen molar-refractivity contribution in [3.8, 4) is 16.5 Å². The molecule has 6 nitrogen and oxygen atoms in total. The van der Waals surface area contributed by atoms with E-state index in [2.05, 4.69) is 32.1 Å². The third-order valence-electron chi connectivity index (χ3n) is 4.38.